The molecule has 0 unspecified atom stereocenters. The molecule has 100 valence electrons. The van der Waals surface area contributed by atoms with Gasteiger partial charge in [0.25, 0.3) is 0 Å². The Morgan fingerprint density at radius 3 is 2.78 bits per heavy atom. The molecule has 0 amide bonds. The van der Waals surface area contributed by atoms with Crippen LogP contribution in [0.4, 0.5) is 5.95 Å². The van der Waals surface area contributed by atoms with E-state index in [0.717, 1.165) is 51.6 Å². The molecular formula is C13H22N4O. The summed E-state index contributed by atoms with van der Waals surface area (Å²) >= 11 is 0. The van der Waals surface area contributed by atoms with Gasteiger partial charge >= 0.3 is 0 Å². The normalized spacial score (nSPS) is 16.9. The van der Waals surface area contributed by atoms with Crippen molar-refractivity contribution in [2.75, 3.05) is 44.7 Å². The molecule has 2 heterocycles. The van der Waals surface area contributed by atoms with Crippen molar-refractivity contribution in [2.24, 2.45) is 0 Å². The predicted molar refractivity (Wildman–Crippen MR) is 72.1 cm³/mol. The molecule has 2 rings (SSSR count). The minimum Gasteiger partial charge on any atom is -0.478 e. The van der Waals surface area contributed by atoms with Gasteiger partial charge in [-0.3, -0.25) is 0 Å². The van der Waals surface area contributed by atoms with Crippen LogP contribution in [0.1, 0.15) is 19.8 Å². The fourth-order valence-corrected chi connectivity index (χ4v) is 1.89. The first-order valence-electron chi connectivity index (χ1n) is 6.69. The highest BCUT2D eigenvalue weighted by molar-refractivity contribution is 5.32. The number of rotatable bonds is 5. The molecule has 0 N–H and O–H groups in total. The first-order valence-corrected chi connectivity index (χ1v) is 6.69. The Morgan fingerprint density at radius 2 is 2.06 bits per heavy atom. The van der Waals surface area contributed by atoms with E-state index >= 15 is 0 Å². The van der Waals surface area contributed by atoms with Crippen LogP contribution in [0, 0.1) is 0 Å². The molecule has 1 aromatic rings. The Morgan fingerprint density at radius 1 is 1.28 bits per heavy atom. The largest absolute Gasteiger partial charge is 0.478 e. The minimum absolute atomic E-state index is 0.687. The average Bonchev–Trinajstić information content (AvgIpc) is 2.40. The second-order valence-corrected chi connectivity index (χ2v) is 4.69. The van der Waals surface area contributed by atoms with Crippen LogP contribution in [-0.2, 0) is 0 Å². The lowest BCUT2D eigenvalue weighted by atomic mass is 10.3. The zero-order valence-corrected chi connectivity index (χ0v) is 11.3. The van der Waals surface area contributed by atoms with Crippen LogP contribution in [-0.4, -0.2) is 54.7 Å². The first kappa shape index (κ1) is 13.1. The van der Waals surface area contributed by atoms with Crippen molar-refractivity contribution in [3.8, 4) is 5.88 Å². The van der Waals surface area contributed by atoms with Crippen molar-refractivity contribution in [1.29, 1.82) is 0 Å². The summed E-state index contributed by atoms with van der Waals surface area (Å²) in [4.78, 5) is 13.3. The van der Waals surface area contributed by atoms with E-state index in [1.807, 2.05) is 6.07 Å². The number of ether oxygens (including phenoxy) is 1. The Hall–Kier alpha value is -1.36. The molecule has 0 bridgehead atoms. The lowest BCUT2D eigenvalue weighted by Crippen LogP contribution is -2.45. The molecule has 1 saturated heterocycles. The molecule has 0 atom stereocenters. The van der Waals surface area contributed by atoms with Crippen LogP contribution < -0.4 is 9.64 Å². The highest BCUT2D eigenvalue weighted by atomic mass is 16.5. The fourth-order valence-electron chi connectivity index (χ4n) is 1.89. The molecule has 1 aliphatic heterocycles. The second-order valence-electron chi connectivity index (χ2n) is 4.69. The second kappa shape index (κ2) is 6.54. The number of nitrogens with zero attached hydrogens (tertiary/aromatic N) is 4. The number of anilines is 1. The van der Waals surface area contributed by atoms with Gasteiger partial charge in [-0.25, -0.2) is 4.98 Å². The summed E-state index contributed by atoms with van der Waals surface area (Å²) in [6.07, 6.45) is 3.98. The van der Waals surface area contributed by atoms with Crippen molar-refractivity contribution < 1.29 is 4.74 Å². The zero-order chi connectivity index (χ0) is 12.8. The molecule has 5 nitrogen and oxygen atoms in total. The van der Waals surface area contributed by atoms with Gasteiger partial charge in [0, 0.05) is 38.4 Å². The lowest BCUT2D eigenvalue weighted by molar-refractivity contribution is 0.294. The van der Waals surface area contributed by atoms with E-state index in [4.69, 9.17) is 4.74 Å². The third-order valence-electron chi connectivity index (χ3n) is 3.15. The van der Waals surface area contributed by atoms with Crippen LogP contribution in [0.5, 0.6) is 5.88 Å². The van der Waals surface area contributed by atoms with Crippen LogP contribution >= 0.6 is 0 Å². The van der Waals surface area contributed by atoms with Gasteiger partial charge in [0.15, 0.2) is 0 Å². The van der Waals surface area contributed by atoms with Crippen molar-refractivity contribution in [3.05, 3.63) is 12.3 Å². The van der Waals surface area contributed by atoms with Gasteiger partial charge in [0.1, 0.15) is 0 Å². The van der Waals surface area contributed by atoms with E-state index < -0.39 is 0 Å². The summed E-state index contributed by atoms with van der Waals surface area (Å²) in [5.74, 6) is 1.48. The van der Waals surface area contributed by atoms with Crippen LogP contribution in [0.15, 0.2) is 12.3 Å². The van der Waals surface area contributed by atoms with Crippen molar-refractivity contribution in [2.45, 2.75) is 19.8 Å². The summed E-state index contributed by atoms with van der Waals surface area (Å²) in [5.41, 5.74) is 0. The Balaban J connectivity index is 1.94. The fraction of sp³-hybridized carbons (Fsp3) is 0.692. The number of piperazine rings is 1. The summed E-state index contributed by atoms with van der Waals surface area (Å²) in [7, 11) is 2.14. The monoisotopic (exact) mass is 250 g/mol. The smallest absolute Gasteiger partial charge is 0.228 e. The Bertz CT molecular complexity index is 364. The number of unbranched alkanes of at least 4 members (excludes halogenated alkanes) is 1. The van der Waals surface area contributed by atoms with Gasteiger partial charge in [-0.05, 0) is 13.5 Å². The van der Waals surface area contributed by atoms with E-state index in [1.165, 1.54) is 0 Å². The Kier molecular flexibility index (Phi) is 4.75. The first-order chi connectivity index (χ1) is 8.79. The molecule has 5 heteroatoms. The zero-order valence-electron chi connectivity index (χ0n) is 11.3. The average molecular weight is 250 g/mol. The predicted octanol–water partition coefficient (Wildman–Crippen LogP) is 1.41. The number of hydrogen-bond donors (Lipinski definition) is 0. The molecule has 0 spiro atoms. The van der Waals surface area contributed by atoms with Crippen LogP contribution in [0.25, 0.3) is 0 Å². The Labute approximate surface area is 109 Å². The van der Waals surface area contributed by atoms with Gasteiger partial charge in [0.2, 0.25) is 11.8 Å². The van der Waals surface area contributed by atoms with Crippen molar-refractivity contribution in [1.82, 2.24) is 14.9 Å². The third kappa shape index (κ3) is 3.57. The molecule has 1 aromatic heterocycles. The molecule has 1 aliphatic rings. The maximum absolute atomic E-state index is 5.61. The third-order valence-corrected chi connectivity index (χ3v) is 3.15. The molecular weight excluding hydrogens is 228 g/mol. The topological polar surface area (TPSA) is 41.5 Å². The molecule has 1 fully saturated rings. The van der Waals surface area contributed by atoms with Crippen molar-refractivity contribution in [3.63, 3.8) is 0 Å². The minimum atomic E-state index is 0.687. The van der Waals surface area contributed by atoms with Gasteiger partial charge in [-0.15, -0.1) is 0 Å². The summed E-state index contributed by atoms with van der Waals surface area (Å²) in [5, 5.41) is 0. The maximum Gasteiger partial charge on any atom is 0.228 e. The number of hydrogen-bond acceptors (Lipinski definition) is 5. The standard InChI is InChI=1S/C13H22N4O/c1-3-4-11-18-12-5-6-14-13(15-12)17-9-7-16(2)8-10-17/h5-6H,3-4,7-11H2,1-2H3. The van der Waals surface area contributed by atoms with Crippen LogP contribution in [0.3, 0.4) is 0 Å². The quantitative estimate of drug-likeness (QED) is 0.739. The van der Waals surface area contributed by atoms with Gasteiger partial charge in [0.05, 0.1) is 6.61 Å². The van der Waals surface area contributed by atoms with Gasteiger partial charge in [-0.2, -0.15) is 4.98 Å². The molecule has 0 radical (unpaired) electrons. The summed E-state index contributed by atoms with van der Waals surface area (Å²) in [6.45, 7) is 6.97. The SMILES string of the molecule is CCCCOc1ccnc(N2CCN(C)CC2)n1. The van der Waals surface area contributed by atoms with E-state index in [1.54, 1.807) is 6.20 Å². The van der Waals surface area contributed by atoms with E-state index in [2.05, 4.69) is 33.7 Å². The maximum atomic E-state index is 5.61. The molecule has 0 saturated carbocycles. The summed E-state index contributed by atoms with van der Waals surface area (Å²) < 4.78 is 5.61. The van der Waals surface area contributed by atoms with Gasteiger partial charge < -0.3 is 14.5 Å². The number of aromatic nitrogens is 2. The number of likely N-dealkylation sites (N-methyl/N-ethyl adjacent to an activating group) is 1. The molecule has 18 heavy (non-hydrogen) atoms. The van der Waals surface area contributed by atoms with E-state index in [-0.39, 0.29) is 0 Å². The molecule has 0 aliphatic carbocycles. The highest BCUT2D eigenvalue weighted by Gasteiger charge is 2.16. The molecule has 0 aromatic carbocycles. The van der Waals surface area contributed by atoms with Crippen molar-refractivity contribution >= 4 is 5.95 Å². The van der Waals surface area contributed by atoms with E-state index in [9.17, 15) is 0 Å². The lowest BCUT2D eigenvalue weighted by Gasteiger charge is -2.32. The summed E-state index contributed by atoms with van der Waals surface area (Å²) in [6, 6.07) is 1.83. The van der Waals surface area contributed by atoms with Crippen LogP contribution in [0.2, 0.25) is 0 Å². The van der Waals surface area contributed by atoms with Gasteiger partial charge in [-0.1, -0.05) is 13.3 Å². The highest BCUT2D eigenvalue weighted by Crippen LogP contribution is 2.14. The van der Waals surface area contributed by atoms with E-state index in [0.29, 0.717) is 5.88 Å².